The first-order chi connectivity index (χ1) is 7.82. The van der Waals surface area contributed by atoms with E-state index in [2.05, 4.69) is 0 Å². The number of ether oxygens (including phenoxy) is 1. The lowest BCUT2D eigenvalue weighted by Gasteiger charge is -2.33. The van der Waals surface area contributed by atoms with Gasteiger partial charge in [-0.15, -0.1) is 0 Å². The van der Waals surface area contributed by atoms with Crippen LogP contribution in [0.25, 0.3) is 0 Å². The average molecular weight is 237 g/mol. The second-order valence-electron chi connectivity index (χ2n) is 4.99. The van der Waals surface area contributed by atoms with Gasteiger partial charge in [-0.3, -0.25) is 10.1 Å². The van der Waals surface area contributed by atoms with Gasteiger partial charge < -0.3 is 9.84 Å². The van der Waals surface area contributed by atoms with Crippen LogP contribution in [0, 0.1) is 17.0 Å². The second-order valence-corrected chi connectivity index (χ2v) is 4.99. The van der Waals surface area contributed by atoms with E-state index in [4.69, 9.17) is 4.74 Å². The number of nitro groups is 1. The van der Waals surface area contributed by atoms with Crippen LogP contribution in [0.15, 0.2) is 6.07 Å². The number of rotatable bonds is 1. The topological polar surface area (TPSA) is 72.6 Å². The van der Waals surface area contributed by atoms with Crippen molar-refractivity contribution < 1.29 is 14.8 Å². The summed E-state index contributed by atoms with van der Waals surface area (Å²) in [6.45, 7) is 5.69. The summed E-state index contributed by atoms with van der Waals surface area (Å²) in [6, 6.07) is 1.39. The molecular weight excluding hydrogens is 222 g/mol. The minimum absolute atomic E-state index is 0.221. The normalized spacial score (nSPS) is 17.1. The molecule has 0 saturated heterocycles. The molecule has 2 rings (SSSR count). The van der Waals surface area contributed by atoms with E-state index in [0.717, 1.165) is 5.56 Å². The van der Waals surface area contributed by atoms with Gasteiger partial charge in [0.05, 0.1) is 10.5 Å². The first kappa shape index (κ1) is 11.7. The number of hydrogen-bond acceptors (Lipinski definition) is 4. The Morgan fingerprint density at radius 3 is 2.76 bits per heavy atom. The third-order valence-electron chi connectivity index (χ3n) is 3.05. The van der Waals surface area contributed by atoms with Crippen LogP contribution in [0.5, 0.6) is 11.5 Å². The Bertz CT molecular complexity index is 494. The van der Waals surface area contributed by atoms with Gasteiger partial charge in [0, 0.05) is 0 Å². The molecule has 0 unspecified atom stereocenters. The molecule has 0 saturated carbocycles. The SMILES string of the molecule is Cc1cc(O)c([N+](=O)[O-])c2c1OC(C)(C)CC2. The molecule has 1 heterocycles. The number of nitrogens with zero attached hydrogens (tertiary/aromatic N) is 1. The van der Waals surface area contributed by atoms with Crippen LogP contribution in [0.3, 0.4) is 0 Å². The maximum atomic E-state index is 11.0. The molecule has 17 heavy (non-hydrogen) atoms. The predicted octanol–water partition coefficient (Wildman–Crippen LogP) is 2.71. The Balaban J connectivity index is 2.64. The molecule has 1 aliphatic heterocycles. The van der Waals surface area contributed by atoms with Crippen LogP contribution >= 0.6 is 0 Å². The Kier molecular flexibility index (Phi) is 2.49. The maximum Gasteiger partial charge on any atom is 0.317 e. The molecule has 0 radical (unpaired) electrons. The lowest BCUT2D eigenvalue weighted by molar-refractivity contribution is -0.386. The standard InChI is InChI=1S/C12H15NO4/c1-7-6-9(14)10(13(15)16)8-4-5-12(2,3)17-11(7)8/h6,14H,4-5H2,1-3H3. The van der Waals surface area contributed by atoms with Crippen molar-refractivity contribution in [3.05, 3.63) is 27.3 Å². The molecule has 5 heteroatoms. The summed E-state index contributed by atoms with van der Waals surface area (Å²) >= 11 is 0. The molecule has 1 aliphatic rings. The summed E-state index contributed by atoms with van der Waals surface area (Å²) in [5.74, 6) is 0.264. The summed E-state index contributed by atoms with van der Waals surface area (Å²) in [4.78, 5) is 10.4. The van der Waals surface area contributed by atoms with Crippen LogP contribution in [0.2, 0.25) is 0 Å². The van der Waals surface area contributed by atoms with Crippen LogP contribution < -0.4 is 4.74 Å². The summed E-state index contributed by atoms with van der Waals surface area (Å²) in [7, 11) is 0. The lowest BCUT2D eigenvalue weighted by Crippen LogP contribution is -2.33. The van der Waals surface area contributed by atoms with Crippen LogP contribution in [0.1, 0.15) is 31.4 Å². The number of benzene rings is 1. The largest absolute Gasteiger partial charge is 0.502 e. The zero-order valence-electron chi connectivity index (χ0n) is 10.1. The lowest BCUT2D eigenvalue weighted by atomic mass is 9.91. The molecule has 0 aromatic heterocycles. The minimum Gasteiger partial charge on any atom is -0.502 e. The number of fused-ring (bicyclic) bond motifs is 1. The quantitative estimate of drug-likeness (QED) is 0.602. The van der Waals surface area contributed by atoms with Crippen molar-refractivity contribution in [1.82, 2.24) is 0 Å². The van der Waals surface area contributed by atoms with Crippen molar-refractivity contribution in [3.63, 3.8) is 0 Å². The van der Waals surface area contributed by atoms with E-state index in [1.807, 2.05) is 13.8 Å². The van der Waals surface area contributed by atoms with E-state index < -0.39 is 4.92 Å². The summed E-state index contributed by atoms with van der Waals surface area (Å²) in [5, 5.41) is 20.6. The maximum absolute atomic E-state index is 11.0. The van der Waals surface area contributed by atoms with Crippen LogP contribution in [-0.4, -0.2) is 15.6 Å². The molecule has 0 amide bonds. The predicted molar refractivity (Wildman–Crippen MR) is 62.5 cm³/mol. The van der Waals surface area contributed by atoms with Crippen molar-refractivity contribution in [2.45, 2.75) is 39.2 Å². The number of aromatic hydroxyl groups is 1. The molecule has 0 fully saturated rings. The van der Waals surface area contributed by atoms with Gasteiger partial charge in [0.2, 0.25) is 0 Å². The van der Waals surface area contributed by atoms with E-state index in [9.17, 15) is 15.2 Å². The third-order valence-corrected chi connectivity index (χ3v) is 3.05. The van der Waals surface area contributed by atoms with E-state index >= 15 is 0 Å². The Labute approximate surface area is 99.2 Å². The Morgan fingerprint density at radius 2 is 2.18 bits per heavy atom. The fraction of sp³-hybridized carbons (Fsp3) is 0.500. The van der Waals surface area contributed by atoms with E-state index in [1.54, 1.807) is 6.92 Å². The fourth-order valence-electron chi connectivity index (χ4n) is 2.17. The van der Waals surface area contributed by atoms with Gasteiger partial charge in [-0.2, -0.15) is 0 Å². The van der Waals surface area contributed by atoms with Crippen molar-refractivity contribution in [3.8, 4) is 11.5 Å². The number of nitro benzene ring substituents is 1. The van der Waals surface area contributed by atoms with Crippen LogP contribution in [0.4, 0.5) is 5.69 Å². The van der Waals surface area contributed by atoms with Gasteiger partial charge in [-0.05, 0) is 45.2 Å². The molecule has 1 aromatic rings. The summed E-state index contributed by atoms with van der Waals surface area (Å²) in [6.07, 6.45) is 1.25. The third kappa shape index (κ3) is 1.92. The number of aryl methyl sites for hydroxylation is 1. The highest BCUT2D eigenvalue weighted by Gasteiger charge is 2.34. The van der Waals surface area contributed by atoms with Gasteiger partial charge in [-0.1, -0.05) is 0 Å². The first-order valence-corrected chi connectivity index (χ1v) is 5.51. The fourth-order valence-corrected chi connectivity index (χ4v) is 2.17. The van der Waals surface area contributed by atoms with Gasteiger partial charge >= 0.3 is 5.69 Å². The van der Waals surface area contributed by atoms with Crippen molar-refractivity contribution in [2.24, 2.45) is 0 Å². The smallest absolute Gasteiger partial charge is 0.317 e. The molecule has 0 bridgehead atoms. The average Bonchev–Trinajstić information content (AvgIpc) is 2.18. The highest BCUT2D eigenvalue weighted by molar-refractivity contribution is 5.62. The van der Waals surface area contributed by atoms with Crippen molar-refractivity contribution in [2.75, 3.05) is 0 Å². The van der Waals surface area contributed by atoms with Crippen molar-refractivity contribution in [1.29, 1.82) is 0 Å². The Hall–Kier alpha value is -1.78. The summed E-state index contributed by atoms with van der Waals surface area (Å²) in [5.41, 5.74) is 0.701. The van der Waals surface area contributed by atoms with Gasteiger partial charge in [0.1, 0.15) is 11.4 Å². The molecule has 0 spiro atoms. The Morgan fingerprint density at radius 1 is 1.53 bits per heavy atom. The second kappa shape index (κ2) is 3.61. The van der Waals surface area contributed by atoms with Gasteiger partial charge in [0.15, 0.2) is 5.75 Å². The molecule has 92 valence electrons. The first-order valence-electron chi connectivity index (χ1n) is 5.51. The van der Waals surface area contributed by atoms with E-state index in [0.29, 0.717) is 24.2 Å². The monoisotopic (exact) mass is 237 g/mol. The number of hydrogen-bond donors (Lipinski definition) is 1. The molecule has 0 aliphatic carbocycles. The van der Waals surface area contributed by atoms with E-state index in [-0.39, 0.29) is 17.0 Å². The minimum atomic E-state index is -0.546. The summed E-state index contributed by atoms with van der Waals surface area (Å²) < 4.78 is 5.78. The molecule has 5 nitrogen and oxygen atoms in total. The number of phenols is 1. The highest BCUT2D eigenvalue weighted by Crippen LogP contribution is 2.44. The molecule has 1 aromatic carbocycles. The zero-order chi connectivity index (χ0) is 12.8. The zero-order valence-corrected chi connectivity index (χ0v) is 10.1. The molecular formula is C12H15NO4. The highest BCUT2D eigenvalue weighted by atomic mass is 16.6. The van der Waals surface area contributed by atoms with Gasteiger partial charge in [0.25, 0.3) is 0 Å². The van der Waals surface area contributed by atoms with Gasteiger partial charge in [-0.25, -0.2) is 0 Å². The van der Waals surface area contributed by atoms with E-state index in [1.165, 1.54) is 6.07 Å². The van der Waals surface area contributed by atoms with Crippen molar-refractivity contribution >= 4 is 5.69 Å². The number of phenolic OH excluding ortho intramolecular Hbond substituents is 1. The molecule has 1 N–H and O–H groups in total. The van der Waals surface area contributed by atoms with Crippen LogP contribution in [-0.2, 0) is 6.42 Å². The molecule has 0 atom stereocenters.